The minimum Gasteiger partial charge on any atom is -0.329 e. The number of likely N-dealkylation sites (tertiary alicyclic amines) is 1. The van der Waals surface area contributed by atoms with Crippen LogP contribution in [-0.2, 0) is 0 Å². The van der Waals surface area contributed by atoms with Gasteiger partial charge in [0, 0.05) is 22.4 Å². The van der Waals surface area contributed by atoms with Crippen LogP contribution in [0.2, 0.25) is 4.34 Å². The van der Waals surface area contributed by atoms with E-state index >= 15 is 0 Å². The van der Waals surface area contributed by atoms with Crippen LogP contribution in [0.1, 0.15) is 30.7 Å². The molecule has 1 aromatic rings. The molecule has 0 aromatic carbocycles. The van der Waals surface area contributed by atoms with Crippen LogP contribution >= 0.6 is 38.9 Å². The van der Waals surface area contributed by atoms with Gasteiger partial charge in [0.2, 0.25) is 0 Å². The molecule has 2 unspecified atom stereocenters. The van der Waals surface area contributed by atoms with E-state index in [1.165, 1.54) is 17.7 Å². The topological polar surface area (TPSA) is 29.3 Å². The number of hydrogen-bond acceptors (Lipinski definition) is 3. The van der Waals surface area contributed by atoms with Crippen LogP contribution < -0.4 is 5.73 Å². The highest BCUT2D eigenvalue weighted by Crippen LogP contribution is 2.37. The molecule has 1 aliphatic rings. The zero-order valence-corrected chi connectivity index (χ0v) is 13.1. The van der Waals surface area contributed by atoms with Crippen molar-refractivity contribution in [1.82, 2.24) is 4.90 Å². The van der Waals surface area contributed by atoms with Crippen LogP contribution in [0.15, 0.2) is 10.5 Å². The maximum Gasteiger partial charge on any atom is 0.107 e. The number of hydrogen-bond donors (Lipinski definition) is 1. The molecular formula is C12H18BrClN2S. The number of halogens is 2. The molecule has 2 N–H and O–H groups in total. The molecule has 0 saturated carbocycles. The van der Waals surface area contributed by atoms with Gasteiger partial charge < -0.3 is 5.73 Å². The van der Waals surface area contributed by atoms with Crippen LogP contribution in [0.3, 0.4) is 0 Å². The number of nitrogens with two attached hydrogens (primary N) is 1. The first-order chi connectivity index (χ1) is 8.11. The molecular weight excluding hydrogens is 320 g/mol. The molecule has 2 atom stereocenters. The lowest BCUT2D eigenvalue weighted by Crippen LogP contribution is -2.40. The Hall–Kier alpha value is 0.390. The predicted molar refractivity (Wildman–Crippen MR) is 78.8 cm³/mol. The standard InChI is InChI=1S/C12H18BrClN2S/c1-8-3-2-4-16(7-8)10(6-15)11-5-9(13)12(14)17-11/h5,8,10H,2-4,6-7,15H2,1H3. The third kappa shape index (κ3) is 3.24. The molecule has 5 heteroatoms. The summed E-state index contributed by atoms with van der Waals surface area (Å²) in [5, 5.41) is 0. The Bertz CT molecular complexity index is 363. The average molecular weight is 338 g/mol. The van der Waals surface area contributed by atoms with E-state index in [-0.39, 0.29) is 0 Å². The maximum atomic E-state index is 6.11. The van der Waals surface area contributed by atoms with Gasteiger partial charge in [-0.1, -0.05) is 18.5 Å². The zero-order chi connectivity index (χ0) is 12.4. The van der Waals surface area contributed by atoms with Crippen LogP contribution in [0, 0.1) is 5.92 Å². The van der Waals surface area contributed by atoms with Gasteiger partial charge in [0.25, 0.3) is 0 Å². The summed E-state index contributed by atoms with van der Waals surface area (Å²) >= 11 is 11.2. The highest BCUT2D eigenvalue weighted by atomic mass is 79.9. The molecule has 96 valence electrons. The van der Waals surface area contributed by atoms with Gasteiger partial charge in [-0.2, -0.15) is 0 Å². The quantitative estimate of drug-likeness (QED) is 0.906. The molecule has 2 heterocycles. The van der Waals surface area contributed by atoms with Crippen molar-refractivity contribution < 1.29 is 0 Å². The van der Waals surface area contributed by atoms with Crippen molar-refractivity contribution in [3.63, 3.8) is 0 Å². The molecule has 0 radical (unpaired) electrons. The summed E-state index contributed by atoms with van der Waals surface area (Å²) in [5.74, 6) is 0.775. The fourth-order valence-electron chi connectivity index (χ4n) is 2.48. The Kier molecular flexibility index (Phi) is 4.89. The van der Waals surface area contributed by atoms with Gasteiger partial charge in [-0.3, -0.25) is 4.90 Å². The van der Waals surface area contributed by atoms with Crippen molar-refractivity contribution in [3.05, 3.63) is 19.8 Å². The largest absolute Gasteiger partial charge is 0.329 e. The number of nitrogens with zero attached hydrogens (tertiary/aromatic N) is 1. The van der Waals surface area contributed by atoms with E-state index in [1.54, 1.807) is 11.3 Å². The zero-order valence-electron chi connectivity index (χ0n) is 9.96. The first-order valence-electron chi connectivity index (χ1n) is 6.00. The Balaban J connectivity index is 2.15. The summed E-state index contributed by atoms with van der Waals surface area (Å²) < 4.78 is 1.81. The van der Waals surface area contributed by atoms with Gasteiger partial charge in [-0.05, 0) is 47.3 Å². The smallest absolute Gasteiger partial charge is 0.107 e. The normalized spacial score (nSPS) is 23.9. The fourth-order valence-corrected chi connectivity index (χ4v) is 4.37. The summed E-state index contributed by atoms with van der Waals surface area (Å²) in [4.78, 5) is 3.78. The molecule has 17 heavy (non-hydrogen) atoms. The highest BCUT2D eigenvalue weighted by Gasteiger charge is 2.25. The lowest BCUT2D eigenvalue weighted by atomic mass is 9.98. The molecule has 0 amide bonds. The number of thiophene rings is 1. The van der Waals surface area contributed by atoms with E-state index in [9.17, 15) is 0 Å². The van der Waals surface area contributed by atoms with Crippen molar-refractivity contribution in [2.45, 2.75) is 25.8 Å². The number of piperidine rings is 1. The van der Waals surface area contributed by atoms with Crippen molar-refractivity contribution in [2.75, 3.05) is 19.6 Å². The van der Waals surface area contributed by atoms with Crippen molar-refractivity contribution >= 4 is 38.9 Å². The van der Waals surface area contributed by atoms with Crippen molar-refractivity contribution in [2.24, 2.45) is 11.7 Å². The van der Waals surface area contributed by atoms with Crippen LogP contribution in [0.4, 0.5) is 0 Å². The van der Waals surface area contributed by atoms with E-state index in [0.717, 1.165) is 27.8 Å². The third-order valence-corrected chi connectivity index (χ3v) is 5.92. The van der Waals surface area contributed by atoms with Gasteiger partial charge in [0.05, 0.1) is 6.04 Å². The molecule has 1 saturated heterocycles. The number of rotatable bonds is 3. The van der Waals surface area contributed by atoms with E-state index in [0.29, 0.717) is 12.6 Å². The second-order valence-electron chi connectivity index (χ2n) is 4.76. The lowest BCUT2D eigenvalue weighted by molar-refractivity contribution is 0.135. The Morgan fingerprint density at radius 3 is 3.00 bits per heavy atom. The van der Waals surface area contributed by atoms with Crippen LogP contribution in [0.25, 0.3) is 0 Å². The molecule has 1 aliphatic heterocycles. The summed E-state index contributed by atoms with van der Waals surface area (Å²) in [6, 6.07) is 2.44. The Morgan fingerprint density at radius 1 is 1.71 bits per heavy atom. The third-order valence-electron chi connectivity index (χ3n) is 3.35. The van der Waals surface area contributed by atoms with Gasteiger partial charge in [0.15, 0.2) is 0 Å². The lowest BCUT2D eigenvalue weighted by Gasteiger charge is -2.36. The first kappa shape index (κ1) is 13.8. The predicted octanol–water partition coefficient (Wildman–Crippen LogP) is 3.90. The van der Waals surface area contributed by atoms with E-state index in [2.05, 4.69) is 33.8 Å². The Labute approximate surface area is 120 Å². The van der Waals surface area contributed by atoms with Gasteiger partial charge in [-0.25, -0.2) is 0 Å². The van der Waals surface area contributed by atoms with Crippen LogP contribution in [0.5, 0.6) is 0 Å². The van der Waals surface area contributed by atoms with Crippen molar-refractivity contribution in [3.8, 4) is 0 Å². The molecule has 0 aliphatic carbocycles. The minimum atomic E-state index is 0.326. The maximum absolute atomic E-state index is 6.11. The molecule has 2 rings (SSSR count). The molecule has 1 aromatic heterocycles. The van der Waals surface area contributed by atoms with E-state index in [1.807, 2.05) is 0 Å². The van der Waals surface area contributed by atoms with Gasteiger partial charge >= 0.3 is 0 Å². The van der Waals surface area contributed by atoms with Crippen molar-refractivity contribution in [1.29, 1.82) is 0 Å². The summed E-state index contributed by atoms with van der Waals surface area (Å²) in [6.45, 7) is 5.28. The highest BCUT2D eigenvalue weighted by molar-refractivity contribution is 9.10. The van der Waals surface area contributed by atoms with Crippen LogP contribution in [-0.4, -0.2) is 24.5 Å². The summed E-state index contributed by atoms with van der Waals surface area (Å²) in [7, 11) is 0. The summed E-state index contributed by atoms with van der Waals surface area (Å²) in [6.07, 6.45) is 2.61. The average Bonchev–Trinajstić information content (AvgIpc) is 2.60. The van der Waals surface area contributed by atoms with Gasteiger partial charge in [0.1, 0.15) is 4.34 Å². The van der Waals surface area contributed by atoms with E-state index < -0.39 is 0 Å². The van der Waals surface area contributed by atoms with Gasteiger partial charge in [-0.15, -0.1) is 11.3 Å². The molecule has 0 bridgehead atoms. The first-order valence-corrected chi connectivity index (χ1v) is 7.99. The fraction of sp³-hybridized carbons (Fsp3) is 0.667. The second-order valence-corrected chi connectivity index (χ2v) is 7.30. The molecule has 2 nitrogen and oxygen atoms in total. The molecule has 1 fully saturated rings. The molecule has 0 spiro atoms. The van der Waals surface area contributed by atoms with E-state index in [4.69, 9.17) is 17.3 Å². The summed E-state index contributed by atoms with van der Waals surface area (Å²) in [5.41, 5.74) is 5.95. The second kappa shape index (κ2) is 6.02. The monoisotopic (exact) mass is 336 g/mol. The minimum absolute atomic E-state index is 0.326. The Morgan fingerprint density at radius 2 is 2.47 bits per heavy atom. The SMILES string of the molecule is CC1CCCN(C(CN)c2cc(Br)c(Cl)s2)C1.